The molecule has 1 saturated heterocycles. The van der Waals surface area contributed by atoms with Gasteiger partial charge in [-0.25, -0.2) is 0 Å². The van der Waals surface area contributed by atoms with Gasteiger partial charge in [-0.15, -0.1) is 0 Å². The van der Waals surface area contributed by atoms with Crippen LogP contribution in [-0.2, 0) is 9.47 Å². The van der Waals surface area contributed by atoms with Crippen LogP contribution in [0.1, 0.15) is 23.1 Å². The maximum atomic E-state index is 5.96. The number of hydrogen-bond donors (Lipinski definition) is 0. The Labute approximate surface area is 134 Å². The largest absolute Gasteiger partial charge is 0.492 e. The number of benzene rings is 1. The highest BCUT2D eigenvalue weighted by molar-refractivity contribution is 5.41. The van der Waals surface area contributed by atoms with E-state index in [9.17, 15) is 0 Å². The molecule has 4 heteroatoms. The average Bonchev–Trinajstić information content (AvgIpc) is 2.51. The molecule has 2 rings (SSSR count). The highest BCUT2D eigenvalue weighted by Crippen LogP contribution is 2.23. The van der Waals surface area contributed by atoms with Crippen molar-refractivity contribution in [1.29, 1.82) is 0 Å². The van der Waals surface area contributed by atoms with Crippen LogP contribution in [0.5, 0.6) is 5.75 Å². The zero-order valence-corrected chi connectivity index (χ0v) is 14.4. The van der Waals surface area contributed by atoms with Crippen molar-refractivity contribution in [1.82, 2.24) is 4.90 Å². The molecule has 0 spiro atoms. The second kappa shape index (κ2) is 8.51. The normalized spacial score (nSPS) is 18.7. The fraction of sp³-hybridized carbons (Fsp3) is 0.667. The SMILES string of the molecule is Cc1cc(C)c(C)c(OCCN(C)CCC2COCCO2)c1. The smallest absolute Gasteiger partial charge is 0.122 e. The summed E-state index contributed by atoms with van der Waals surface area (Å²) in [6.07, 6.45) is 1.26. The Bertz CT molecular complexity index is 470. The number of ether oxygens (including phenoxy) is 3. The van der Waals surface area contributed by atoms with E-state index in [0.717, 1.165) is 45.1 Å². The highest BCUT2D eigenvalue weighted by Gasteiger charge is 2.14. The topological polar surface area (TPSA) is 30.9 Å². The molecular formula is C18H29NO3. The summed E-state index contributed by atoms with van der Waals surface area (Å²) in [4.78, 5) is 2.29. The first-order valence-corrected chi connectivity index (χ1v) is 8.15. The van der Waals surface area contributed by atoms with Gasteiger partial charge in [-0.1, -0.05) is 6.07 Å². The lowest BCUT2D eigenvalue weighted by molar-refractivity contribution is -0.0923. The Morgan fingerprint density at radius 1 is 1.18 bits per heavy atom. The van der Waals surface area contributed by atoms with Gasteiger partial charge in [0.25, 0.3) is 0 Å². The van der Waals surface area contributed by atoms with Gasteiger partial charge in [0.1, 0.15) is 12.4 Å². The van der Waals surface area contributed by atoms with E-state index in [1.165, 1.54) is 16.7 Å². The third-order valence-electron chi connectivity index (χ3n) is 4.21. The van der Waals surface area contributed by atoms with Crippen molar-refractivity contribution >= 4 is 0 Å². The van der Waals surface area contributed by atoms with Crippen LogP contribution >= 0.6 is 0 Å². The van der Waals surface area contributed by atoms with Gasteiger partial charge in [-0.05, 0) is 57.0 Å². The fourth-order valence-electron chi connectivity index (χ4n) is 2.64. The Kier molecular flexibility index (Phi) is 6.68. The summed E-state index contributed by atoms with van der Waals surface area (Å²) in [6, 6.07) is 4.32. The molecule has 0 aliphatic carbocycles. The standard InChI is InChI=1S/C18H29NO3/c1-14-11-15(2)16(3)18(12-14)22-8-7-19(4)6-5-17-13-20-9-10-21-17/h11-12,17H,5-10,13H2,1-4H3. The molecule has 1 aromatic rings. The van der Waals surface area contributed by atoms with Gasteiger partial charge in [0.05, 0.1) is 25.9 Å². The van der Waals surface area contributed by atoms with E-state index in [4.69, 9.17) is 14.2 Å². The van der Waals surface area contributed by atoms with Gasteiger partial charge in [0.15, 0.2) is 0 Å². The summed E-state index contributed by atoms with van der Waals surface area (Å²) < 4.78 is 17.0. The van der Waals surface area contributed by atoms with Crippen LogP contribution in [-0.4, -0.2) is 57.6 Å². The van der Waals surface area contributed by atoms with E-state index < -0.39 is 0 Å². The second-order valence-corrected chi connectivity index (χ2v) is 6.21. The molecule has 0 amide bonds. The van der Waals surface area contributed by atoms with E-state index in [0.29, 0.717) is 6.61 Å². The van der Waals surface area contributed by atoms with Crippen molar-refractivity contribution in [2.24, 2.45) is 0 Å². The summed E-state index contributed by atoms with van der Waals surface area (Å²) >= 11 is 0. The minimum Gasteiger partial charge on any atom is -0.492 e. The van der Waals surface area contributed by atoms with Gasteiger partial charge >= 0.3 is 0 Å². The van der Waals surface area contributed by atoms with E-state index in [1.807, 2.05) is 0 Å². The molecule has 0 bridgehead atoms. The molecule has 1 aliphatic rings. The molecule has 1 heterocycles. The zero-order valence-electron chi connectivity index (χ0n) is 14.4. The van der Waals surface area contributed by atoms with Crippen molar-refractivity contribution < 1.29 is 14.2 Å². The maximum absolute atomic E-state index is 5.96. The van der Waals surface area contributed by atoms with Crippen LogP contribution in [0.25, 0.3) is 0 Å². The number of nitrogens with zero attached hydrogens (tertiary/aromatic N) is 1. The maximum Gasteiger partial charge on any atom is 0.122 e. The van der Waals surface area contributed by atoms with Crippen molar-refractivity contribution in [3.63, 3.8) is 0 Å². The third kappa shape index (κ3) is 5.27. The lowest BCUT2D eigenvalue weighted by Gasteiger charge is -2.25. The molecule has 124 valence electrons. The first-order valence-electron chi connectivity index (χ1n) is 8.15. The molecule has 1 fully saturated rings. The summed E-state index contributed by atoms with van der Waals surface area (Å²) in [5.74, 6) is 1.01. The van der Waals surface area contributed by atoms with Crippen LogP contribution < -0.4 is 4.74 Å². The van der Waals surface area contributed by atoms with Crippen LogP contribution in [0.4, 0.5) is 0 Å². The number of likely N-dealkylation sites (N-methyl/N-ethyl adjacent to an activating group) is 1. The van der Waals surface area contributed by atoms with E-state index >= 15 is 0 Å². The minimum absolute atomic E-state index is 0.249. The molecule has 0 aromatic heterocycles. The zero-order chi connectivity index (χ0) is 15.9. The highest BCUT2D eigenvalue weighted by atomic mass is 16.6. The molecule has 1 aromatic carbocycles. The Morgan fingerprint density at radius 3 is 2.73 bits per heavy atom. The molecule has 1 unspecified atom stereocenters. The predicted octanol–water partition coefficient (Wildman–Crippen LogP) is 2.73. The average molecular weight is 307 g/mol. The minimum atomic E-state index is 0.249. The third-order valence-corrected chi connectivity index (χ3v) is 4.21. The molecular weight excluding hydrogens is 278 g/mol. The molecule has 0 saturated carbocycles. The van der Waals surface area contributed by atoms with Gasteiger partial charge in [-0.2, -0.15) is 0 Å². The van der Waals surface area contributed by atoms with Crippen molar-refractivity contribution in [2.45, 2.75) is 33.3 Å². The lowest BCUT2D eigenvalue weighted by atomic mass is 10.1. The Hall–Kier alpha value is -1.10. The first-order chi connectivity index (χ1) is 10.6. The van der Waals surface area contributed by atoms with Crippen LogP contribution in [0, 0.1) is 20.8 Å². The van der Waals surface area contributed by atoms with E-state index in [2.05, 4.69) is 44.9 Å². The lowest BCUT2D eigenvalue weighted by Crippen LogP contribution is -2.33. The quantitative estimate of drug-likeness (QED) is 0.775. The van der Waals surface area contributed by atoms with Gasteiger partial charge in [0, 0.05) is 13.1 Å². The summed E-state index contributed by atoms with van der Waals surface area (Å²) in [7, 11) is 2.13. The van der Waals surface area contributed by atoms with Crippen molar-refractivity contribution in [3.8, 4) is 5.75 Å². The Balaban J connectivity index is 1.69. The van der Waals surface area contributed by atoms with Crippen molar-refractivity contribution in [2.75, 3.05) is 46.6 Å². The van der Waals surface area contributed by atoms with Crippen LogP contribution in [0.3, 0.4) is 0 Å². The molecule has 1 aliphatic heterocycles. The second-order valence-electron chi connectivity index (χ2n) is 6.21. The van der Waals surface area contributed by atoms with Gasteiger partial charge in [0.2, 0.25) is 0 Å². The van der Waals surface area contributed by atoms with E-state index in [-0.39, 0.29) is 6.10 Å². The molecule has 22 heavy (non-hydrogen) atoms. The fourth-order valence-corrected chi connectivity index (χ4v) is 2.64. The number of hydrogen-bond acceptors (Lipinski definition) is 4. The van der Waals surface area contributed by atoms with Crippen LogP contribution in [0.2, 0.25) is 0 Å². The molecule has 4 nitrogen and oxygen atoms in total. The summed E-state index contributed by atoms with van der Waals surface area (Å²) in [5, 5.41) is 0. The summed E-state index contributed by atoms with van der Waals surface area (Å²) in [6.45, 7) is 11.2. The van der Waals surface area contributed by atoms with Crippen LogP contribution in [0.15, 0.2) is 12.1 Å². The molecule has 0 radical (unpaired) electrons. The first kappa shape index (κ1) is 17.3. The van der Waals surface area contributed by atoms with Gasteiger partial charge < -0.3 is 19.1 Å². The Morgan fingerprint density at radius 2 is 2.00 bits per heavy atom. The number of rotatable bonds is 7. The predicted molar refractivity (Wildman–Crippen MR) is 88.8 cm³/mol. The van der Waals surface area contributed by atoms with Gasteiger partial charge in [-0.3, -0.25) is 0 Å². The van der Waals surface area contributed by atoms with E-state index in [1.54, 1.807) is 0 Å². The molecule has 0 N–H and O–H groups in total. The monoisotopic (exact) mass is 307 g/mol. The molecule has 1 atom stereocenters. The number of aryl methyl sites for hydroxylation is 2. The van der Waals surface area contributed by atoms with Crippen molar-refractivity contribution in [3.05, 3.63) is 28.8 Å². The summed E-state index contributed by atoms with van der Waals surface area (Å²) in [5.41, 5.74) is 3.78.